The zero-order valence-corrected chi connectivity index (χ0v) is 10.5. The van der Waals surface area contributed by atoms with E-state index in [1.807, 2.05) is 19.9 Å². The summed E-state index contributed by atoms with van der Waals surface area (Å²) >= 11 is 0. The molecule has 0 aliphatic carbocycles. The van der Waals surface area contributed by atoms with Crippen molar-refractivity contribution < 1.29 is 14.3 Å². The average molecular weight is 250 g/mol. The Bertz CT molecular complexity index is 529. The van der Waals surface area contributed by atoms with E-state index in [-0.39, 0.29) is 0 Å². The van der Waals surface area contributed by atoms with Crippen molar-refractivity contribution in [1.29, 1.82) is 5.26 Å². The van der Waals surface area contributed by atoms with Crippen molar-refractivity contribution in [3.05, 3.63) is 35.5 Å². The summed E-state index contributed by atoms with van der Waals surface area (Å²) in [6, 6.07) is 9.03. The minimum Gasteiger partial charge on any atom is -0.352 e. The van der Waals surface area contributed by atoms with Crippen molar-refractivity contribution in [1.82, 2.24) is 4.98 Å². The van der Waals surface area contributed by atoms with Gasteiger partial charge in [0.05, 0.1) is 24.4 Å². The lowest BCUT2D eigenvalue weighted by molar-refractivity contribution is -0.0960. The number of H-pyrrole nitrogens is 1. The van der Waals surface area contributed by atoms with Crippen LogP contribution in [0.2, 0.25) is 0 Å². The molecule has 0 fully saturated rings. The number of rotatable bonds is 1. The van der Waals surface area contributed by atoms with Gasteiger partial charge in [0, 0.05) is 10.9 Å². The van der Waals surface area contributed by atoms with Crippen molar-refractivity contribution in [2.45, 2.75) is 13.8 Å². The van der Waals surface area contributed by atoms with Crippen LogP contribution >= 0.6 is 0 Å². The van der Waals surface area contributed by atoms with Crippen molar-refractivity contribution in [2.75, 3.05) is 7.11 Å². The molecule has 1 aromatic carbocycles. The maximum absolute atomic E-state index is 10.4. The molecule has 0 spiro atoms. The van der Waals surface area contributed by atoms with Gasteiger partial charge in [0.25, 0.3) is 0 Å². The second kappa shape index (κ2) is 8.90. The van der Waals surface area contributed by atoms with Gasteiger partial charge in [-0.25, -0.2) is 0 Å². The fourth-order valence-corrected chi connectivity index (χ4v) is 1.29. The monoisotopic (exact) mass is 250 g/mol. The minimum atomic E-state index is 0.532. The maximum atomic E-state index is 10.4. The van der Waals surface area contributed by atoms with E-state index in [1.165, 1.54) is 0 Å². The number of benzene rings is 1. The molecule has 18 heavy (non-hydrogen) atoms. The lowest BCUT2D eigenvalue weighted by atomic mass is 10.2. The first-order valence-corrected chi connectivity index (χ1v) is 5.38. The summed E-state index contributed by atoms with van der Waals surface area (Å²) in [6.45, 7) is 4.00. The van der Waals surface area contributed by atoms with Gasteiger partial charge in [-0.05, 0) is 28.8 Å². The van der Waals surface area contributed by atoms with Gasteiger partial charge >= 0.3 is 0 Å². The number of aromatic nitrogens is 1. The third-order valence-corrected chi connectivity index (χ3v) is 1.90. The zero-order chi connectivity index (χ0) is 14.0. The van der Waals surface area contributed by atoms with Crippen molar-refractivity contribution >= 4 is 17.2 Å². The Hall–Kier alpha value is -2.19. The average Bonchev–Trinajstić information content (AvgIpc) is 2.83. The number of fused-ring (bicyclic) bond motifs is 1. The first-order chi connectivity index (χ1) is 8.74. The highest BCUT2D eigenvalue weighted by Crippen LogP contribution is 2.15. The molecule has 1 heterocycles. The number of carbonyl (C=O) groups excluding carboxylic acids is 1. The molecule has 1 aromatic heterocycles. The van der Waals surface area contributed by atoms with Crippen LogP contribution in [0.5, 0.6) is 0 Å². The first kappa shape index (κ1) is 15.8. The molecule has 2 rings (SSSR count). The van der Waals surface area contributed by atoms with E-state index < -0.39 is 0 Å². The summed E-state index contributed by atoms with van der Waals surface area (Å²) in [5.41, 5.74) is 2.01. The van der Waals surface area contributed by atoms with E-state index in [0.29, 0.717) is 11.3 Å². The van der Waals surface area contributed by atoms with E-state index in [1.54, 1.807) is 24.3 Å². The van der Waals surface area contributed by atoms with Crippen LogP contribution in [0.3, 0.4) is 0 Å². The Morgan fingerprint density at radius 3 is 2.50 bits per heavy atom. The van der Waals surface area contributed by atoms with Gasteiger partial charge in [-0.3, -0.25) is 4.79 Å². The normalized spacial score (nSPS) is 8.39. The molecule has 0 bridgehead atoms. The molecule has 96 valence electrons. The summed E-state index contributed by atoms with van der Waals surface area (Å²) in [4.78, 5) is 16.1. The van der Waals surface area contributed by atoms with Gasteiger partial charge in [-0.15, -0.1) is 0 Å². The van der Waals surface area contributed by atoms with Gasteiger partial charge < -0.3 is 4.98 Å². The summed E-state index contributed by atoms with van der Waals surface area (Å²) in [5, 5.41) is 9.52. The highest BCUT2D eigenvalue weighted by molar-refractivity contribution is 5.88. The number of hydrogen-bond donors (Lipinski definition) is 1. The Morgan fingerprint density at radius 1 is 1.39 bits per heavy atom. The second-order valence-corrected chi connectivity index (χ2v) is 2.91. The number of carbonyl (C=O) groups is 1. The van der Waals surface area contributed by atoms with Crippen molar-refractivity contribution in [2.24, 2.45) is 0 Å². The van der Waals surface area contributed by atoms with Gasteiger partial charge in [0.15, 0.2) is 6.29 Å². The first-order valence-electron chi connectivity index (χ1n) is 5.38. The van der Waals surface area contributed by atoms with Crippen LogP contribution in [0, 0.1) is 11.3 Å². The smallest absolute Gasteiger partial charge is 0.166 e. The molecule has 0 amide bonds. The van der Waals surface area contributed by atoms with Gasteiger partial charge in [-0.2, -0.15) is 10.2 Å². The van der Waals surface area contributed by atoms with E-state index >= 15 is 0 Å². The molecule has 0 aliphatic rings. The molecule has 2 aromatic rings. The fourth-order valence-electron chi connectivity index (χ4n) is 1.29. The summed E-state index contributed by atoms with van der Waals surface area (Å²) in [5.74, 6) is 0. The molecule has 5 heteroatoms. The largest absolute Gasteiger partial charge is 0.352 e. The SMILES string of the molecule is CC.COF.N#Cc1ccc2[nH]c(C=O)cc2c1. The summed E-state index contributed by atoms with van der Waals surface area (Å²) in [7, 11) is 0.958. The Labute approximate surface area is 105 Å². The zero-order valence-electron chi connectivity index (χ0n) is 10.5. The maximum Gasteiger partial charge on any atom is 0.166 e. The van der Waals surface area contributed by atoms with E-state index in [2.05, 4.69) is 9.93 Å². The molecule has 0 unspecified atom stereocenters. The topological polar surface area (TPSA) is 65.9 Å². The fraction of sp³-hybridized carbons (Fsp3) is 0.231. The van der Waals surface area contributed by atoms with E-state index in [9.17, 15) is 9.32 Å². The van der Waals surface area contributed by atoms with Crippen LogP contribution < -0.4 is 0 Å². The third kappa shape index (κ3) is 4.36. The van der Waals surface area contributed by atoms with Crippen LogP contribution in [0.15, 0.2) is 24.3 Å². The van der Waals surface area contributed by atoms with Crippen LogP contribution in [-0.2, 0) is 4.94 Å². The molecule has 0 saturated carbocycles. The van der Waals surface area contributed by atoms with Gasteiger partial charge in [-0.1, -0.05) is 13.8 Å². The number of nitriles is 1. The molecular weight excluding hydrogens is 235 g/mol. The van der Waals surface area contributed by atoms with Gasteiger partial charge in [0.1, 0.15) is 0 Å². The lowest BCUT2D eigenvalue weighted by Crippen LogP contribution is -1.74. The predicted octanol–water partition coefficient (Wildman–Crippen LogP) is 3.40. The van der Waals surface area contributed by atoms with Crippen LogP contribution in [0.4, 0.5) is 4.53 Å². The predicted molar refractivity (Wildman–Crippen MR) is 67.9 cm³/mol. The van der Waals surface area contributed by atoms with E-state index in [4.69, 9.17) is 5.26 Å². The minimum absolute atomic E-state index is 0.532. The number of aldehydes is 1. The van der Waals surface area contributed by atoms with Gasteiger partial charge in [0.2, 0.25) is 0 Å². The Kier molecular flexibility index (Phi) is 7.82. The molecule has 4 nitrogen and oxygen atoms in total. The van der Waals surface area contributed by atoms with Crippen LogP contribution in [0.1, 0.15) is 29.9 Å². The lowest BCUT2D eigenvalue weighted by Gasteiger charge is -1.88. The quantitative estimate of drug-likeness (QED) is 0.789. The number of nitrogens with one attached hydrogen (secondary N) is 1. The molecule has 0 atom stereocenters. The molecule has 0 aliphatic heterocycles. The van der Waals surface area contributed by atoms with Crippen molar-refractivity contribution in [3.8, 4) is 6.07 Å². The van der Waals surface area contributed by atoms with E-state index in [0.717, 1.165) is 24.3 Å². The Morgan fingerprint density at radius 2 is 2.00 bits per heavy atom. The van der Waals surface area contributed by atoms with Crippen molar-refractivity contribution in [3.63, 3.8) is 0 Å². The summed E-state index contributed by atoms with van der Waals surface area (Å²) < 4.78 is 9.79. The highest BCUT2D eigenvalue weighted by Gasteiger charge is 1.99. The number of hydrogen-bond acceptors (Lipinski definition) is 3. The second-order valence-electron chi connectivity index (χ2n) is 2.91. The molecule has 1 N–H and O–H groups in total. The molecular formula is C13H15FN2O2. The van der Waals surface area contributed by atoms with Crippen LogP contribution in [-0.4, -0.2) is 18.4 Å². The highest BCUT2D eigenvalue weighted by atomic mass is 19.3. The molecule has 0 radical (unpaired) electrons. The number of halogens is 1. The summed E-state index contributed by atoms with van der Waals surface area (Å²) in [6.07, 6.45) is 0.756. The molecule has 0 saturated heterocycles. The number of aromatic amines is 1. The Balaban J connectivity index is 0.000000509. The standard InChI is InChI=1S/C10H6N2O.C2H6.CH3FO/c11-5-7-1-2-10-8(3-7)4-9(6-13)12-10;1-2;1-3-2/h1-4,6,12H;1-2H3;1H3. The third-order valence-electron chi connectivity index (χ3n) is 1.90. The van der Waals surface area contributed by atoms with Crippen LogP contribution in [0.25, 0.3) is 10.9 Å². The number of nitrogens with zero attached hydrogens (tertiary/aromatic N) is 1.